The minimum atomic E-state index is -0.606. The number of hydrogen-bond donors (Lipinski definition) is 0. The molecule has 18 heavy (non-hydrogen) atoms. The summed E-state index contributed by atoms with van der Waals surface area (Å²) >= 11 is 5.86. The van der Waals surface area contributed by atoms with E-state index in [-0.39, 0.29) is 12.0 Å². The molecule has 3 nitrogen and oxygen atoms in total. The quantitative estimate of drug-likeness (QED) is 0.614. The van der Waals surface area contributed by atoms with Crippen LogP contribution in [0.3, 0.4) is 0 Å². The van der Waals surface area contributed by atoms with E-state index in [0.717, 1.165) is 5.56 Å². The number of benzene rings is 1. The number of halogens is 1. The molecule has 1 aromatic carbocycles. The van der Waals surface area contributed by atoms with Gasteiger partial charge in [-0.3, -0.25) is 0 Å². The molecule has 1 aliphatic rings. The van der Waals surface area contributed by atoms with Crippen molar-refractivity contribution in [3.8, 4) is 0 Å². The molecule has 0 bridgehead atoms. The highest BCUT2D eigenvalue weighted by Crippen LogP contribution is 2.32. The van der Waals surface area contributed by atoms with Gasteiger partial charge in [-0.25, -0.2) is 4.79 Å². The van der Waals surface area contributed by atoms with Crippen molar-refractivity contribution >= 4 is 17.8 Å². The van der Waals surface area contributed by atoms with Crippen LogP contribution in [0.4, 0.5) is 4.79 Å². The zero-order chi connectivity index (χ0) is 13.0. The first-order valence-electron chi connectivity index (χ1n) is 5.96. The Bertz CT molecular complexity index is 439. The first kappa shape index (κ1) is 13.0. The van der Waals surface area contributed by atoms with Gasteiger partial charge in [-0.1, -0.05) is 35.9 Å². The molecular weight excluding hydrogens is 252 g/mol. The number of rotatable bonds is 3. The van der Waals surface area contributed by atoms with Crippen molar-refractivity contribution in [1.82, 2.24) is 0 Å². The topological polar surface area (TPSA) is 35.5 Å². The van der Waals surface area contributed by atoms with Crippen LogP contribution in [0, 0.1) is 0 Å². The molecule has 0 heterocycles. The second kappa shape index (κ2) is 5.91. The lowest BCUT2D eigenvalue weighted by molar-refractivity contribution is 0.0253. The fourth-order valence-electron chi connectivity index (χ4n) is 2.04. The molecule has 0 unspecified atom stereocenters. The molecule has 0 radical (unpaired) electrons. The molecule has 2 rings (SSSR count). The van der Waals surface area contributed by atoms with Crippen molar-refractivity contribution in [2.24, 2.45) is 0 Å². The fourth-order valence-corrected chi connectivity index (χ4v) is 2.16. The average molecular weight is 267 g/mol. The summed E-state index contributed by atoms with van der Waals surface area (Å²) in [7, 11) is 0. The summed E-state index contributed by atoms with van der Waals surface area (Å²) in [4.78, 5) is 11.3. The molecule has 0 N–H and O–H groups in total. The number of carbonyl (C=O) groups excluding carboxylic acids is 1. The molecule has 1 aromatic rings. The summed E-state index contributed by atoms with van der Waals surface area (Å²) in [5.41, 5.74) is 1.09. The largest absolute Gasteiger partial charge is 0.508 e. The van der Waals surface area contributed by atoms with Gasteiger partial charge < -0.3 is 9.47 Å². The minimum Gasteiger partial charge on any atom is -0.435 e. The minimum absolute atomic E-state index is 0.0756. The van der Waals surface area contributed by atoms with Gasteiger partial charge in [-0.15, -0.1) is 0 Å². The summed E-state index contributed by atoms with van der Waals surface area (Å²) in [6.45, 7) is 2.08. The van der Waals surface area contributed by atoms with Crippen LogP contribution in [-0.2, 0) is 9.47 Å². The molecule has 0 saturated heterocycles. The highest BCUT2D eigenvalue weighted by Gasteiger charge is 2.28. The molecule has 2 atom stereocenters. The molecule has 96 valence electrons. The lowest BCUT2D eigenvalue weighted by Crippen LogP contribution is -2.22. The van der Waals surface area contributed by atoms with E-state index in [1.54, 1.807) is 6.92 Å². The van der Waals surface area contributed by atoms with E-state index in [9.17, 15) is 4.79 Å². The van der Waals surface area contributed by atoms with Gasteiger partial charge in [0.25, 0.3) is 0 Å². The number of hydrogen-bond acceptors (Lipinski definition) is 3. The van der Waals surface area contributed by atoms with E-state index >= 15 is 0 Å². The van der Waals surface area contributed by atoms with Crippen LogP contribution >= 0.6 is 11.6 Å². The lowest BCUT2D eigenvalue weighted by Gasteiger charge is -2.19. The molecule has 0 amide bonds. The Morgan fingerprint density at radius 1 is 1.39 bits per heavy atom. The van der Waals surface area contributed by atoms with Crippen LogP contribution in [0.5, 0.6) is 0 Å². The van der Waals surface area contributed by atoms with Gasteiger partial charge in [-0.2, -0.15) is 0 Å². The molecule has 4 heteroatoms. The maximum Gasteiger partial charge on any atom is 0.508 e. The van der Waals surface area contributed by atoms with E-state index in [4.69, 9.17) is 21.1 Å². The third kappa shape index (κ3) is 3.05. The maximum atomic E-state index is 11.3. The van der Waals surface area contributed by atoms with Gasteiger partial charge in [0.1, 0.15) is 6.10 Å². The monoisotopic (exact) mass is 266 g/mol. The van der Waals surface area contributed by atoms with Crippen molar-refractivity contribution in [3.05, 3.63) is 47.0 Å². The van der Waals surface area contributed by atoms with Gasteiger partial charge in [-0.05, 0) is 24.6 Å². The molecule has 0 fully saturated rings. The Hall–Kier alpha value is -1.48. The summed E-state index contributed by atoms with van der Waals surface area (Å²) in [5.74, 6) is 0.0756. The molecule has 0 aromatic heterocycles. The summed E-state index contributed by atoms with van der Waals surface area (Å²) in [5, 5.41) is 0.698. The van der Waals surface area contributed by atoms with Crippen LogP contribution < -0.4 is 0 Å². The van der Waals surface area contributed by atoms with E-state index in [1.165, 1.54) is 0 Å². The summed E-state index contributed by atoms with van der Waals surface area (Å²) < 4.78 is 10.1. The van der Waals surface area contributed by atoms with Gasteiger partial charge in [0.15, 0.2) is 0 Å². The SMILES string of the molecule is CCOC(=O)O[C@@H]1CC=C[C@H]1c1ccc(Cl)cc1. The second-order valence-electron chi connectivity index (χ2n) is 4.08. The Balaban J connectivity index is 2.05. The predicted molar refractivity (Wildman–Crippen MR) is 69.8 cm³/mol. The van der Waals surface area contributed by atoms with Crippen molar-refractivity contribution in [2.75, 3.05) is 6.61 Å². The average Bonchev–Trinajstić information content (AvgIpc) is 2.78. The molecule has 0 aliphatic heterocycles. The van der Waals surface area contributed by atoms with E-state index in [2.05, 4.69) is 0 Å². The summed E-state index contributed by atoms with van der Waals surface area (Å²) in [6, 6.07) is 7.57. The van der Waals surface area contributed by atoms with Gasteiger partial charge in [0.2, 0.25) is 0 Å². The van der Waals surface area contributed by atoms with Crippen molar-refractivity contribution in [3.63, 3.8) is 0 Å². The van der Waals surface area contributed by atoms with E-state index in [1.807, 2.05) is 36.4 Å². The molecular formula is C14H15ClO3. The highest BCUT2D eigenvalue weighted by molar-refractivity contribution is 6.30. The Morgan fingerprint density at radius 2 is 2.11 bits per heavy atom. The Morgan fingerprint density at radius 3 is 2.78 bits per heavy atom. The van der Waals surface area contributed by atoms with Crippen LogP contribution in [0.15, 0.2) is 36.4 Å². The summed E-state index contributed by atoms with van der Waals surface area (Å²) in [6.07, 6.45) is 3.98. The first-order chi connectivity index (χ1) is 8.70. The van der Waals surface area contributed by atoms with Crippen molar-refractivity contribution in [1.29, 1.82) is 0 Å². The zero-order valence-electron chi connectivity index (χ0n) is 10.1. The Kier molecular flexibility index (Phi) is 4.26. The molecule has 1 aliphatic carbocycles. The maximum absolute atomic E-state index is 11.3. The smallest absolute Gasteiger partial charge is 0.435 e. The molecule has 0 saturated carbocycles. The number of carbonyl (C=O) groups is 1. The van der Waals surface area contributed by atoms with Gasteiger partial charge >= 0.3 is 6.16 Å². The third-order valence-electron chi connectivity index (χ3n) is 2.88. The van der Waals surface area contributed by atoms with Crippen molar-refractivity contribution in [2.45, 2.75) is 25.4 Å². The van der Waals surface area contributed by atoms with Crippen LogP contribution in [-0.4, -0.2) is 18.9 Å². The van der Waals surface area contributed by atoms with Crippen molar-refractivity contribution < 1.29 is 14.3 Å². The number of ether oxygens (including phenoxy) is 2. The lowest BCUT2D eigenvalue weighted by atomic mass is 9.96. The van der Waals surface area contributed by atoms with E-state index < -0.39 is 6.16 Å². The predicted octanol–water partition coefficient (Wildman–Crippen LogP) is 3.93. The fraction of sp³-hybridized carbons (Fsp3) is 0.357. The normalized spacial score (nSPS) is 21.9. The van der Waals surface area contributed by atoms with Crippen LogP contribution in [0.2, 0.25) is 5.02 Å². The van der Waals surface area contributed by atoms with Gasteiger partial charge in [0.05, 0.1) is 6.61 Å². The van der Waals surface area contributed by atoms with Crippen LogP contribution in [0.25, 0.3) is 0 Å². The third-order valence-corrected chi connectivity index (χ3v) is 3.13. The highest BCUT2D eigenvalue weighted by atomic mass is 35.5. The first-order valence-corrected chi connectivity index (χ1v) is 6.34. The Labute approximate surface area is 111 Å². The standard InChI is InChI=1S/C14H15ClO3/c1-2-17-14(16)18-13-5-3-4-12(13)10-6-8-11(15)9-7-10/h3-4,6-9,12-13H,2,5H2,1H3/t12-,13+/m0/s1. The van der Waals surface area contributed by atoms with Gasteiger partial charge in [0, 0.05) is 17.4 Å². The van der Waals surface area contributed by atoms with E-state index in [0.29, 0.717) is 18.1 Å². The second-order valence-corrected chi connectivity index (χ2v) is 4.52. The zero-order valence-corrected chi connectivity index (χ0v) is 10.9. The van der Waals surface area contributed by atoms with Crippen LogP contribution in [0.1, 0.15) is 24.8 Å². The molecule has 0 spiro atoms.